The van der Waals surface area contributed by atoms with E-state index in [1.807, 2.05) is 41.5 Å². The molecule has 0 aliphatic carbocycles. The molecule has 0 unspecified atom stereocenters. The summed E-state index contributed by atoms with van der Waals surface area (Å²) in [5.41, 5.74) is 4.89. The topological polar surface area (TPSA) is 40.5 Å². The SMILES string of the molecule is Cc1c(Cl)cc(Cc2cc(Cl)c(C)c(C(C)C)c2O)c(O)c1C(C)C. The van der Waals surface area contributed by atoms with Crippen LogP contribution in [-0.4, -0.2) is 10.2 Å². The van der Waals surface area contributed by atoms with Crippen molar-refractivity contribution in [1.29, 1.82) is 0 Å². The number of hydrogen-bond acceptors (Lipinski definition) is 2. The van der Waals surface area contributed by atoms with E-state index < -0.39 is 0 Å². The molecule has 136 valence electrons. The lowest BCUT2D eigenvalue weighted by Crippen LogP contribution is -2.02. The molecular formula is C21H26Cl2O2. The first-order valence-corrected chi connectivity index (χ1v) is 9.33. The van der Waals surface area contributed by atoms with Crippen LogP contribution in [0.1, 0.15) is 72.9 Å². The van der Waals surface area contributed by atoms with Crippen molar-refractivity contribution in [3.63, 3.8) is 0 Å². The Kier molecular flexibility index (Phi) is 5.96. The van der Waals surface area contributed by atoms with Crippen LogP contribution in [0.2, 0.25) is 10.0 Å². The van der Waals surface area contributed by atoms with E-state index >= 15 is 0 Å². The van der Waals surface area contributed by atoms with Crippen LogP contribution >= 0.6 is 23.2 Å². The van der Waals surface area contributed by atoms with Crippen LogP contribution in [0.5, 0.6) is 11.5 Å². The van der Waals surface area contributed by atoms with Gasteiger partial charge in [0.1, 0.15) is 11.5 Å². The second kappa shape index (κ2) is 7.47. The monoisotopic (exact) mass is 380 g/mol. The number of benzene rings is 2. The average molecular weight is 381 g/mol. The Balaban J connectivity index is 2.62. The number of aromatic hydroxyl groups is 2. The Hall–Kier alpha value is -1.38. The molecule has 0 bridgehead atoms. The molecule has 0 fully saturated rings. The second-order valence-electron chi connectivity index (χ2n) is 7.30. The lowest BCUT2D eigenvalue weighted by atomic mass is 9.89. The van der Waals surface area contributed by atoms with Crippen molar-refractivity contribution in [3.8, 4) is 11.5 Å². The molecule has 0 aliphatic rings. The minimum absolute atomic E-state index is 0.152. The van der Waals surface area contributed by atoms with Crippen LogP contribution < -0.4 is 0 Å². The number of hydrogen-bond donors (Lipinski definition) is 2. The molecule has 2 N–H and O–H groups in total. The fourth-order valence-corrected chi connectivity index (χ4v) is 3.97. The van der Waals surface area contributed by atoms with Gasteiger partial charge in [0.25, 0.3) is 0 Å². The lowest BCUT2D eigenvalue weighted by Gasteiger charge is -2.20. The molecule has 0 amide bonds. The Morgan fingerprint density at radius 1 is 0.760 bits per heavy atom. The maximum Gasteiger partial charge on any atom is 0.122 e. The summed E-state index contributed by atoms with van der Waals surface area (Å²) in [6.45, 7) is 11.9. The van der Waals surface area contributed by atoms with Crippen molar-refractivity contribution < 1.29 is 10.2 Å². The Bertz CT molecular complexity index is 741. The van der Waals surface area contributed by atoms with Crippen LogP contribution in [0.15, 0.2) is 12.1 Å². The van der Waals surface area contributed by atoms with Gasteiger partial charge in [0.05, 0.1) is 0 Å². The molecule has 0 heterocycles. The van der Waals surface area contributed by atoms with Gasteiger partial charge in [-0.05, 0) is 48.9 Å². The summed E-state index contributed by atoms with van der Waals surface area (Å²) in [5, 5.41) is 22.7. The van der Waals surface area contributed by atoms with E-state index in [9.17, 15) is 10.2 Å². The normalized spacial score (nSPS) is 11.6. The molecule has 0 saturated heterocycles. The van der Waals surface area contributed by atoms with Crippen molar-refractivity contribution >= 4 is 23.2 Å². The summed E-state index contributed by atoms with van der Waals surface area (Å²) in [5.74, 6) is 0.802. The Morgan fingerprint density at radius 3 is 1.36 bits per heavy atom. The van der Waals surface area contributed by atoms with Crippen LogP contribution in [-0.2, 0) is 6.42 Å². The number of rotatable bonds is 4. The zero-order valence-corrected chi connectivity index (χ0v) is 17.2. The highest BCUT2D eigenvalue weighted by Crippen LogP contribution is 2.41. The molecule has 0 spiro atoms. The fraction of sp³-hybridized carbons (Fsp3) is 0.429. The van der Waals surface area contributed by atoms with E-state index in [4.69, 9.17) is 23.2 Å². The zero-order valence-electron chi connectivity index (χ0n) is 15.7. The standard InChI is InChI=1S/C21H26Cl2O2/c1-10(2)18-12(5)16(22)8-14(20(18)24)7-15-9-17(23)13(6)19(11(3)4)21(15)25/h8-11,24-25H,7H2,1-6H3. The summed E-state index contributed by atoms with van der Waals surface area (Å²) in [6, 6.07) is 3.56. The predicted molar refractivity (Wildman–Crippen MR) is 107 cm³/mol. The van der Waals surface area contributed by atoms with Crippen molar-refractivity contribution in [1.82, 2.24) is 0 Å². The van der Waals surface area contributed by atoms with Crippen molar-refractivity contribution in [2.45, 2.75) is 59.8 Å². The molecule has 0 atom stereocenters. The van der Waals surface area contributed by atoms with E-state index in [1.54, 1.807) is 12.1 Å². The van der Waals surface area contributed by atoms with E-state index in [1.165, 1.54) is 0 Å². The minimum atomic E-state index is 0.152. The molecule has 0 aromatic heterocycles. The average Bonchev–Trinajstić information content (AvgIpc) is 2.49. The van der Waals surface area contributed by atoms with Gasteiger partial charge in [0, 0.05) is 38.7 Å². The van der Waals surface area contributed by atoms with E-state index in [0.29, 0.717) is 27.6 Å². The summed E-state index contributed by atoms with van der Waals surface area (Å²) in [6.07, 6.45) is 0.372. The predicted octanol–water partition coefficient (Wildman–Crippen LogP) is 6.86. The highest BCUT2D eigenvalue weighted by Gasteiger charge is 2.21. The molecule has 0 saturated carbocycles. The van der Waals surface area contributed by atoms with Gasteiger partial charge in [0.15, 0.2) is 0 Å². The summed E-state index contributed by atoms with van der Waals surface area (Å²) in [7, 11) is 0. The van der Waals surface area contributed by atoms with Crippen molar-refractivity contribution in [3.05, 3.63) is 55.6 Å². The molecule has 0 radical (unpaired) electrons. The lowest BCUT2D eigenvalue weighted by molar-refractivity contribution is 0.451. The first-order chi connectivity index (χ1) is 11.6. The largest absolute Gasteiger partial charge is 0.507 e. The molecule has 2 rings (SSSR count). The molecule has 2 aromatic rings. The van der Waals surface area contributed by atoms with Gasteiger partial charge in [0.2, 0.25) is 0 Å². The summed E-state index contributed by atoms with van der Waals surface area (Å²) >= 11 is 12.8. The number of halogens is 2. The molecule has 25 heavy (non-hydrogen) atoms. The minimum Gasteiger partial charge on any atom is -0.507 e. The highest BCUT2D eigenvalue weighted by molar-refractivity contribution is 6.32. The first-order valence-electron chi connectivity index (χ1n) is 8.57. The van der Waals surface area contributed by atoms with E-state index in [-0.39, 0.29) is 23.3 Å². The van der Waals surface area contributed by atoms with Crippen LogP contribution in [0, 0.1) is 13.8 Å². The number of phenolic OH excluding ortho intramolecular Hbond substituents is 2. The quantitative estimate of drug-likeness (QED) is 0.607. The second-order valence-corrected chi connectivity index (χ2v) is 8.11. The van der Waals surface area contributed by atoms with Gasteiger partial charge in [-0.15, -0.1) is 0 Å². The highest BCUT2D eigenvalue weighted by atomic mass is 35.5. The van der Waals surface area contributed by atoms with Gasteiger partial charge in [-0.1, -0.05) is 50.9 Å². The molecule has 2 aromatic carbocycles. The van der Waals surface area contributed by atoms with Gasteiger partial charge < -0.3 is 10.2 Å². The third-order valence-corrected chi connectivity index (χ3v) is 5.57. The smallest absolute Gasteiger partial charge is 0.122 e. The number of phenols is 2. The van der Waals surface area contributed by atoms with Gasteiger partial charge in [-0.3, -0.25) is 0 Å². The molecular weight excluding hydrogens is 355 g/mol. The van der Waals surface area contributed by atoms with Gasteiger partial charge in [-0.25, -0.2) is 0 Å². The van der Waals surface area contributed by atoms with Gasteiger partial charge >= 0.3 is 0 Å². The Morgan fingerprint density at radius 2 is 1.08 bits per heavy atom. The van der Waals surface area contributed by atoms with Crippen LogP contribution in [0.25, 0.3) is 0 Å². The van der Waals surface area contributed by atoms with Gasteiger partial charge in [-0.2, -0.15) is 0 Å². The van der Waals surface area contributed by atoms with Crippen molar-refractivity contribution in [2.75, 3.05) is 0 Å². The van der Waals surface area contributed by atoms with Crippen molar-refractivity contribution in [2.24, 2.45) is 0 Å². The maximum absolute atomic E-state index is 10.7. The Labute approximate surface area is 160 Å². The van der Waals surface area contributed by atoms with Crippen LogP contribution in [0.4, 0.5) is 0 Å². The van der Waals surface area contributed by atoms with E-state index in [0.717, 1.165) is 22.3 Å². The molecule has 0 aliphatic heterocycles. The van der Waals surface area contributed by atoms with E-state index in [2.05, 4.69) is 0 Å². The summed E-state index contributed by atoms with van der Waals surface area (Å²) in [4.78, 5) is 0. The maximum atomic E-state index is 10.7. The molecule has 4 heteroatoms. The third kappa shape index (κ3) is 3.75. The molecule has 2 nitrogen and oxygen atoms in total. The zero-order chi connectivity index (χ0) is 19.0. The first kappa shape index (κ1) is 19.9. The summed E-state index contributed by atoms with van der Waals surface area (Å²) < 4.78 is 0. The third-order valence-electron chi connectivity index (χ3n) is 4.78. The van der Waals surface area contributed by atoms with Crippen LogP contribution in [0.3, 0.4) is 0 Å². The fourth-order valence-electron chi connectivity index (χ4n) is 3.51.